The maximum atomic E-state index is 12.5. The molecule has 9 heteroatoms. The second kappa shape index (κ2) is 10.3. The summed E-state index contributed by atoms with van der Waals surface area (Å²) < 4.78 is 15.8. The van der Waals surface area contributed by atoms with Crippen LogP contribution in [0.15, 0.2) is 47.6 Å². The first-order valence-corrected chi connectivity index (χ1v) is 9.79. The molecule has 0 aromatic heterocycles. The van der Waals surface area contributed by atoms with Gasteiger partial charge in [0.05, 0.1) is 33.2 Å². The number of para-hydroxylation sites is 2. The standard InChI is InChI=1S/C22H26N4O5/c1-29-18-7-5-4-6-17(18)25-10-12-26(13-11-25)22(28)21(27)24-23-15-16-8-9-19(30-2)20(14-16)31-3/h4-9,14-15H,10-13H2,1-3H3,(H,24,27). The molecule has 1 N–H and O–H groups in total. The van der Waals surface area contributed by atoms with Crippen LogP contribution in [0.4, 0.5) is 5.69 Å². The van der Waals surface area contributed by atoms with Gasteiger partial charge in [-0.2, -0.15) is 5.10 Å². The molecule has 9 nitrogen and oxygen atoms in total. The number of methoxy groups -OCH3 is 3. The number of ether oxygens (including phenoxy) is 3. The van der Waals surface area contributed by atoms with E-state index in [1.807, 2.05) is 24.3 Å². The van der Waals surface area contributed by atoms with E-state index >= 15 is 0 Å². The molecule has 31 heavy (non-hydrogen) atoms. The zero-order valence-corrected chi connectivity index (χ0v) is 17.8. The molecule has 0 atom stereocenters. The lowest BCUT2D eigenvalue weighted by atomic mass is 10.2. The maximum Gasteiger partial charge on any atom is 0.329 e. The van der Waals surface area contributed by atoms with E-state index in [0.717, 1.165) is 11.4 Å². The van der Waals surface area contributed by atoms with Gasteiger partial charge in [0.25, 0.3) is 0 Å². The fourth-order valence-electron chi connectivity index (χ4n) is 3.33. The van der Waals surface area contributed by atoms with E-state index in [9.17, 15) is 9.59 Å². The summed E-state index contributed by atoms with van der Waals surface area (Å²) in [5, 5.41) is 3.88. The Morgan fingerprint density at radius 2 is 1.58 bits per heavy atom. The summed E-state index contributed by atoms with van der Waals surface area (Å²) in [6, 6.07) is 12.9. The summed E-state index contributed by atoms with van der Waals surface area (Å²) in [6.07, 6.45) is 1.44. The van der Waals surface area contributed by atoms with Crippen LogP contribution in [0.25, 0.3) is 0 Å². The SMILES string of the molecule is COc1ccc(C=NNC(=O)C(=O)N2CCN(c3ccccc3OC)CC2)cc1OC. The van der Waals surface area contributed by atoms with E-state index in [-0.39, 0.29) is 0 Å². The molecule has 164 valence electrons. The third-order valence-electron chi connectivity index (χ3n) is 4.97. The van der Waals surface area contributed by atoms with Crippen molar-refractivity contribution < 1.29 is 23.8 Å². The van der Waals surface area contributed by atoms with Crippen molar-refractivity contribution in [3.8, 4) is 17.2 Å². The molecule has 0 bridgehead atoms. The summed E-state index contributed by atoms with van der Waals surface area (Å²) in [6.45, 7) is 2.08. The van der Waals surface area contributed by atoms with Crippen molar-refractivity contribution in [1.29, 1.82) is 0 Å². The van der Waals surface area contributed by atoms with Gasteiger partial charge < -0.3 is 24.0 Å². The highest BCUT2D eigenvalue weighted by molar-refractivity contribution is 6.35. The van der Waals surface area contributed by atoms with Crippen LogP contribution < -0.4 is 24.5 Å². The number of hydrazone groups is 1. The quantitative estimate of drug-likeness (QED) is 0.428. The van der Waals surface area contributed by atoms with Gasteiger partial charge in [0, 0.05) is 26.2 Å². The van der Waals surface area contributed by atoms with Crippen molar-refractivity contribution in [1.82, 2.24) is 10.3 Å². The molecule has 3 rings (SSSR count). The van der Waals surface area contributed by atoms with Crippen LogP contribution in [-0.2, 0) is 9.59 Å². The van der Waals surface area contributed by atoms with E-state index in [1.54, 1.807) is 32.4 Å². The van der Waals surface area contributed by atoms with Crippen molar-refractivity contribution in [2.45, 2.75) is 0 Å². The van der Waals surface area contributed by atoms with Crippen LogP contribution in [0, 0.1) is 0 Å². The predicted molar refractivity (Wildman–Crippen MR) is 117 cm³/mol. The summed E-state index contributed by atoms with van der Waals surface area (Å²) in [4.78, 5) is 28.3. The average molecular weight is 426 g/mol. The molecule has 1 aliphatic heterocycles. The summed E-state index contributed by atoms with van der Waals surface area (Å²) in [7, 11) is 4.71. The first-order valence-electron chi connectivity index (χ1n) is 9.79. The lowest BCUT2D eigenvalue weighted by Crippen LogP contribution is -2.52. The van der Waals surface area contributed by atoms with Gasteiger partial charge in [-0.15, -0.1) is 0 Å². The summed E-state index contributed by atoms with van der Waals surface area (Å²) in [5.74, 6) is 0.532. The zero-order valence-electron chi connectivity index (χ0n) is 17.8. The lowest BCUT2D eigenvalue weighted by molar-refractivity contribution is -0.146. The highest BCUT2D eigenvalue weighted by Crippen LogP contribution is 2.28. The number of anilines is 1. The van der Waals surface area contributed by atoms with Gasteiger partial charge in [0.1, 0.15) is 5.75 Å². The Kier molecular flexibility index (Phi) is 7.31. The third-order valence-corrected chi connectivity index (χ3v) is 4.97. The molecule has 0 radical (unpaired) electrons. The Hall–Kier alpha value is -3.75. The fourth-order valence-corrected chi connectivity index (χ4v) is 3.33. The fraction of sp³-hybridized carbons (Fsp3) is 0.318. The Bertz CT molecular complexity index is 955. The van der Waals surface area contributed by atoms with Crippen LogP contribution in [0.1, 0.15) is 5.56 Å². The topological polar surface area (TPSA) is 92.7 Å². The number of carbonyl (C=O) groups is 2. The minimum absolute atomic E-state index is 0.434. The van der Waals surface area contributed by atoms with Gasteiger partial charge in [-0.3, -0.25) is 9.59 Å². The van der Waals surface area contributed by atoms with Gasteiger partial charge in [-0.05, 0) is 35.9 Å². The van der Waals surface area contributed by atoms with Crippen LogP contribution in [0.2, 0.25) is 0 Å². The van der Waals surface area contributed by atoms with Crippen LogP contribution in [0.3, 0.4) is 0 Å². The molecule has 0 unspecified atom stereocenters. The van der Waals surface area contributed by atoms with Crippen molar-refractivity contribution >= 4 is 23.7 Å². The minimum atomic E-state index is -0.775. The Morgan fingerprint density at radius 1 is 0.903 bits per heavy atom. The molecule has 2 aromatic rings. The smallest absolute Gasteiger partial charge is 0.329 e. The number of nitrogens with zero attached hydrogens (tertiary/aromatic N) is 3. The van der Waals surface area contributed by atoms with Crippen molar-refractivity contribution in [3.05, 3.63) is 48.0 Å². The molecular weight excluding hydrogens is 400 g/mol. The van der Waals surface area contributed by atoms with E-state index in [0.29, 0.717) is 43.2 Å². The average Bonchev–Trinajstić information content (AvgIpc) is 2.83. The maximum absolute atomic E-state index is 12.5. The number of hydrogen-bond acceptors (Lipinski definition) is 7. The molecule has 2 amide bonds. The molecule has 1 heterocycles. The van der Waals surface area contributed by atoms with Gasteiger partial charge >= 0.3 is 11.8 Å². The molecule has 1 saturated heterocycles. The van der Waals surface area contributed by atoms with Gasteiger partial charge in [0.2, 0.25) is 0 Å². The first kappa shape index (κ1) is 21.9. The Labute approximate surface area is 181 Å². The normalized spacial score (nSPS) is 13.8. The highest BCUT2D eigenvalue weighted by Gasteiger charge is 2.26. The second-order valence-electron chi connectivity index (χ2n) is 6.76. The van der Waals surface area contributed by atoms with E-state index < -0.39 is 11.8 Å². The van der Waals surface area contributed by atoms with Crippen LogP contribution in [0.5, 0.6) is 17.2 Å². The number of nitrogens with one attached hydrogen (secondary N) is 1. The van der Waals surface area contributed by atoms with Gasteiger partial charge in [-0.1, -0.05) is 12.1 Å². The van der Waals surface area contributed by atoms with Crippen LogP contribution in [-0.4, -0.2) is 70.4 Å². The summed E-state index contributed by atoms with van der Waals surface area (Å²) in [5.41, 5.74) is 3.95. The molecule has 1 aliphatic rings. The van der Waals surface area contributed by atoms with Crippen LogP contribution >= 0.6 is 0 Å². The van der Waals surface area contributed by atoms with E-state index in [4.69, 9.17) is 14.2 Å². The molecule has 0 spiro atoms. The minimum Gasteiger partial charge on any atom is -0.495 e. The number of piperazine rings is 1. The molecular formula is C22H26N4O5. The number of hydrogen-bond donors (Lipinski definition) is 1. The third kappa shape index (κ3) is 5.25. The predicted octanol–water partition coefficient (Wildman–Crippen LogP) is 1.51. The summed E-state index contributed by atoms with van der Waals surface area (Å²) >= 11 is 0. The Morgan fingerprint density at radius 3 is 2.26 bits per heavy atom. The highest BCUT2D eigenvalue weighted by atomic mass is 16.5. The lowest BCUT2D eigenvalue weighted by Gasteiger charge is -2.36. The number of rotatable bonds is 6. The van der Waals surface area contributed by atoms with E-state index in [1.165, 1.54) is 18.2 Å². The van der Waals surface area contributed by atoms with Gasteiger partial charge in [0.15, 0.2) is 11.5 Å². The first-order chi connectivity index (χ1) is 15.1. The molecule has 2 aromatic carbocycles. The van der Waals surface area contributed by atoms with Crippen molar-refractivity contribution in [3.63, 3.8) is 0 Å². The second-order valence-corrected chi connectivity index (χ2v) is 6.76. The monoisotopic (exact) mass is 426 g/mol. The number of benzene rings is 2. The van der Waals surface area contributed by atoms with Crippen molar-refractivity contribution in [2.75, 3.05) is 52.4 Å². The van der Waals surface area contributed by atoms with Crippen molar-refractivity contribution in [2.24, 2.45) is 5.10 Å². The van der Waals surface area contributed by atoms with Gasteiger partial charge in [-0.25, -0.2) is 5.43 Å². The molecule has 1 fully saturated rings. The number of carbonyl (C=O) groups excluding carboxylic acids is 2. The largest absolute Gasteiger partial charge is 0.495 e. The molecule has 0 saturated carbocycles. The number of amides is 2. The Balaban J connectivity index is 1.53. The zero-order chi connectivity index (χ0) is 22.2. The molecule has 0 aliphatic carbocycles. The van der Waals surface area contributed by atoms with E-state index in [2.05, 4.69) is 15.4 Å².